The average Bonchev–Trinajstić information content (AvgIpc) is 2.71. The van der Waals surface area contributed by atoms with Crippen LogP contribution in [0, 0.1) is 0 Å². The summed E-state index contributed by atoms with van der Waals surface area (Å²) < 4.78 is 0. The molecule has 0 unspecified atom stereocenters. The highest BCUT2D eigenvalue weighted by molar-refractivity contribution is 8.02. The first-order chi connectivity index (χ1) is 12.9. The maximum Gasteiger partial charge on any atom is 0.0868 e. The summed E-state index contributed by atoms with van der Waals surface area (Å²) >= 11 is 3.62. The van der Waals surface area contributed by atoms with E-state index < -0.39 is 0 Å². The molecule has 4 heteroatoms. The summed E-state index contributed by atoms with van der Waals surface area (Å²) in [4.78, 5) is 14.9. The molecule has 2 heterocycles. The molecule has 0 atom stereocenters. The van der Waals surface area contributed by atoms with Crippen molar-refractivity contribution in [1.29, 1.82) is 0 Å². The van der Waals surface area contributed by atoms with Crippen LogP contribution in [0.25, 0.3) is 10.8 Å². The molecule has 0 saturated heterocycles. The van der Waals surface area contributed by atoms with Crippen molar-refractivity contribution in [2.75, 3.05) is 0 Å². The van der Waals surface area contributed by atoms with Gasteiger partial charge in [0.05, 0.1) is 31.9 Å². The van der Waals surface area contributed by atoms with E-state index in [0.717, 1.165) is 22.1 Å². The van der Waals surface area contributed by atoms with E-state index in [2.05, 4.69) is 72.8 Å². The van der Waals surface area contributed by atoms with E-state index in [4.69, 9.17) is 9.98 Å². The van der Waals surface area contributed by atoms with Gasteiger partial charge in [-0.3, -0.25) is 0 Å². The van der Waals surface area contributed by atoms with Gasteiger partial charge in [0.15, 0.2) is 0 Å². The highest BCUT2D eigenvalue weighted by atomic mass is 32.2. The van der Waals surface area contributed by atoms with Crippen LogP contribution in [0.4, 0.5) is 11.4 Å². The van der Waals surface area contributed by atoms with Gasteiger partial charge in [0.2, 0.25) is 0 Å². The van der Waals surface area contributed by atoms with Crippen LogP contribution in [0.3, 0.4) is 0 Å². The Labute approximate surface area is 158 Å². The van der Waals surface area contributed by atoms with Crippen molar-refractivity contribution < 1.29 is 0 Å². The Balaban J connectivity index is 1.81. The molecule has 122 valence electrons. The molecule has 0 saturated carbocycles. The van der Waals surface area contributed by atoms with Gasteiger partial charge in [-0.1, -0.05) is 72.1 Å². The van der Waals surface area contributed by atoms with Gasteiger partial charge in [0, 0.05) is 20.6 Å². The van der Waals surface area contributed by atoms with Crippen LogP contribution in [-0.4, -0.2) is 0 Å². The molecule has 0 aromatic heterocycles. The van der Waals surface area contributed by atoms with Crippen molar-refractivity contribution >= 4 is 45.7 Å². The number of hydrogen-bond donors (Lipinski definition) is 0. The second-order valence-electron chi connectivity index (χ2n) is 6.26. The average molecular weight is 368 g/mol. The summed E-state index contributed by atoms with van der Waals surface area (Å²) in [7, 11) is 0. The van der Waals surface area contributed by atoms with Gasteiger partial charge in [0.25, 0.3) is 0 Å². The van der Waals surface area contributed by atoms with Crippen LogP contribution in [0.1, 0.15) is 0 Å². The zero-order valence-corrected chi connectivity index (χ0v) is 15.3. The fourth-order valence-corrected chi connectivity index (χ4v) is 5.80. The molecular weight excluding hydrogens is 356 g/mol. The number of rotatable bonds is 0. The maximum absolute atomic E-state index is 5.03. The Morgan fingerprint density at radius 3 is 1.42 bits per heavy atom. The molecule has 0 aliphatic carbocycles. The summed E-state index contributed by atoms with van der Waals surface area (Å²) in [5.41, 5.74) is 2.10. The minimum atomic E-state index is 1.05. The minimum Gasteiger partial charge on any atom is -0.246 e. The zero-order valence-electron chi connectivity index (χ0n) is 13.6. The van der Waals surface area contributed by atoms with Crippen LogP contribution < -0.4 is 10.7 Å². The number of benzene rings is 4. The van der Waals surface area contributed by atoms with Crippen molar-refractivity contribution in [3.63, 3.8) is 0 Å². The molecule has 2 aliphatic heterocycles. The zero-order chi connectivity index (χ0) is 17.1. The SMILES string of the molecule is c1ccc2c(c1)N=c1c(c3c(c4ccccc14)=Nc1ccccc1S3)S2. The van der Waals surface area contributed by atoms with Gasteiger partial charge in [-0.2, -0.15) is 0 Å². The van der Waals surface area contributed by atoms with Crippen molar-refractivity contribution in [1.82, 2.24) is 0 Å². The van der Waals surface area contributed by atoms with Gasteiger partial charge in [-0.15, -0.1) is 0 Å². The lowest BCUT2D eigenvalue weighted by Crippen LogP contribution is -2.21. The van der Waals surface area contributed by atoms with Crippen LogP contribution in [0.15, 0.2) is 102 Å². The standard InChI is InChI=1S/C22H12N2S2/c1-2-8-14-13(7-1)19-21(25-17-11-5-3-9-15(17)23-19)22-20(14)24-16-10-4-6-12-18(16)26-22/h1-12H. The smallest absolute Gasteiger partial charge is 0.0868 e. The van der Waals surface area contributed by atoms with Crippen molar-refractivity contribution in [2.45, 2.75) is 19.6 Å². The normalized spacial score (nSPS) is 13.7. The summed E-state index contributed by atoms with van der Waals surface area (Å²) in [6.07, 6.45) is 0. The molecule has 0 radical (unpaired) electrons. The number of nitrogens with zero attached hydrogens (tertiary/aromatic N) is 2. The largest absolute Gasteiger partial charge is 0.246 e. The summed E-state index contributed by atoms with van der Waals surface area (Å²) in [6, 6.07) is 25.2. The van der Waals surface area contributed by atoms with E-state index in [9.17, 15) is 0 Å². The molecular formula is C22H12N2S2. The van der Waals surface area contributed by atoms with E-state index in [1.165, 1.54) is 30.4 Å². The van der Waals surface area contributed by atoms with Crippen LogP contribution in [0.2, 0.25) is 0 Å². The van der Waals surface area contributed by atoms with Gasteiger partial charge in [-0.25, -0.2) is 9.98 Å². The van der Waals surface area contributed by atoms with Gasteiger partial charge in [0.1, 0.15) is 0 Å². The maximum atomic E-state index is 5.03. The molecule has 4 aromatic carbocycles. The summed E-state index contributed by atoms with van der Waals surface area (Å²) in [5.74, 6) is 0. The molecule has 0 N–H and O–H groups in total. The molecule has 0 fully saturated rings. The van der Waals surface area contributed by atoms with Crippen molar-refractivity contribution in [3.8, 4) is 0 Å². The quantitative estimate of drug-likeness (QED) is 0.345. The van der Waals surface area contributed by atoms with E-state index in [-0.39, 0.29) is 0 Å². The minimum absolute atomic E-state index is 1.05. The van der Waals surface area contributed by atoms with Crippen LogP contribution in [-0.2, 0) is 0 Å². The molecule has 0 spiro atoms. The molecule has 0 bridgehead atoms. The molecule has 4 aromatic rings. The van der Waals surface area contributed by atoms with Gasteiger partial charge in [-0.05, 0) is 24.3 Å². The summed E-state index contributed by atoms with van der Waals surface area (Å²) in [5, 5.41) is 4.49. The topological polar surface area (TPSA) is 24.7 Å². The first kappa shape index (κ1) is 14.6. The Hall–Kier alpha value is -2.56. The fraction of sp³-hybridized carbons (Fsp3) is 0. The third-order valence-corrected chi connectivity index (χ3v) is 7.16. The fourth-order valence-electron chi connectivity index (χ4n) is 3.50. The molecule has 6 rings (SSSR count). The van der Waals surface area contributed by atoms with E-state index >= 15 is 0 Å². The lowest BCUT2D eigenvalue weighted by Gasteiger charge is -2.20. The Kier molecular flexibility index (Phi) is 3.07. The van der Waals surface area contributed by atoms with Crippen LogP contribution in [0.5, 0.6) is 0 Å². The Morgan fingerprint density at radius 1 is 0.500 bits per heavy atom. The van der Waals surface area contributed by atoms with Crippen LogP contribution >= 0.6 is 23.5 Å². The van der Waals surface area contributed by atoms with Crippen molar-refractivity contribution in [3.05, 3.63) is 83.5 Å². The third-order valence-electron chi connectivity index (χ3n) is 4.69. The number of fused-ring (bicyclic) bond motifs is 8. The number of para-hydroxylation sites is 2. The van der Waals surface area contributed by atoms with Gasteiger partial charge >= 0.3 is 0 Å². The van der Waals surface area contributed by atoms with E-state index in [1.807, 2.05) is 23.5 Å². The Morgan fingerprint density at radius 2 is 0.923 bits per heavy atom. The van der Waals surface area contributed by atoms with Crippen molar-refractivity contribution in [2.24, 2.45) is 9.98 Å². The molecule has 26 heavy (non-hydrogen) atoms. The second kappa shape index (κ2) is 5.47. The predicted octanol–water partition coefficient (Wildman–Crippen LogP) is 5.67. The van der Waals surface area contributed by atoms with Gasteiger partial charge < -0.3 is 0 Å². The highest BCUT2D eigenvalue weighted by Gasteiger charge is 2.23. The Bertz CT molecular complexity index is 1240. The first-order valence-electron chi connectivity index (χ1n) is 8.44. The molecule has 0 amide bonds. The lowest BCUT2D eigenvalue weighted by molar-refractivity contribution is 1.06. The monoisotopic (exact) mass is 368 g/mol. The van der Waals surface area contributed by atoms with E-state index in [0.29, 0.717) is 0 Å². The second-order valence-corrected chi connectivity index (χ2v) is 8.37. The molecule has 2 aliphatic rings. The third kappa shape index (κ3) is 2.03. The summed E-state index contributed by atoms with van der Waals surface area (Å²) in [6.45, 7) is 0. The lowest BCUT2D eigenvalue weighted by atomic mass is 10.1. The predicted molar refractivity (Wildman–Crippen MR) is 107 cm³/mol. The molecule has 2 nitrogen and oxygen atoms in total. The first-order valence-corrected chi connectivity index (χ1v) is 10.1. The number of hydrogen-bond acceptors (Lipinski definition) is 4. The highest BCUT2D eigenvalue weighted by Crippen LogP contribution is 2.45. The van der Waals surface area contributed by atoms with E-state index in [1.54, 1.807) is 0 Å².